The van der Waals surface area contributed by atoms with Gasteiger partial charge in [0, 0.05) is 67.3 Å². The van der Waals surface area contributed by atoms with Crippen molar-refractivity contribution >= 4 is 45.9 Å². The number of hydrogen-bond donors (Lipinski definition) is 2. The average Bonchev–Trinajstić information content (AvgIpc) is 3.26. The van der Waals surface area contributed by atoms with Crippen LogP contribution in [0.2, 0.25) is 5.02 Å². The third kappa shape index (κ3) is 8.77. The molecule has 4 aliphatic rings. The molecule has 5 heterocycles. The van der Waals surface area contributed by atoms with Gasteiger partial charge in [0.25, 0.3) is 17.4 Å². The van der Waals surface area contributed by atoms with Gasteiger partial charge in [-0.15, -0.1) is 5.10 Å². The maximum atomic E-state index is 13.4. The zero-order chi connectivity index (χ0) is 43.8. The number of likely N-dealkylation sites (tertiary alicyclic amines) is 1. The number of anilines is 1. The smallest absolute Gasteiger partial charge is 0.278 e. The van der Waals surface area contributed by atoms with Crippen LogP contribution in [-0.2, 0) is 9.59 Å². The van der Waals surface area contributed by atoms with Gasteiger partial charge < -0.3 is 19.9 Å². The molecule has 4 fully saturated rings. The molecule has 1 aliphatic carbocycles. The minimum absolute atomic E-state index is 0.154. The van der Waals surface area contributed by atoms with E-state index in [-0.39, 0.29) is 53.2 Å². The standard InChI is InChI=1S/C47H52ClN9O5/c1-46(2)44(47(3,4)45(46)62-35-12-9-31(26-49)37(48)25-35)52-41(59)32-8-10-33(50-27-32)7-5-6-29-16-20-55(21-17-29)28-30-18-22-56(23-19-30)34-11-13-38-36(24-34)43(61)57(54-53-38)39-14-15-40(58)51-42(39)60/h8-13,24-25,27,29-30,39,44-45H,6,14-23,28H2,1-4H3,(H,52,59)(H,51,58,60)/t39?,44-,45-. The van der Waals surface area contributed by atoms with E-state index in [1.165, 1.54) is 0 Å². The molecule has 1 atom stereocenters. The third-order valence-electron chi connectivity index (χ3n) is 13.4. The number of benzene rings is 2. The zero-order valence-electron chi connectivity index (χ0n) is 35.6. The van der Waals surface area contributed by atoms with E-state index in [1.807, 2.05) is 24.3 Å². The Morgan fingerprint density at radius 3 is 2.37 bits per heavy atom. The molecule has 0 spiro atoms. The van der Waals surface area contributed by atoms with Crippen molar-refractivity contribution in [3.8, 4) is 23.7 Å². The molecule has 3 aliphatic heterocycles. The monoisotopic (exact) mass is 857 g/mol. The Kier molecular flexibility index (Phi) is 12.1. The maximum absolute atomic E-state index is 13.4. The number of hydrogen-bond acceptors (Lipinski definition) is 11. The molecule has 3 saturated heterocycles. The minimum Gasteiger partial charge on any atom is -0.489 e. The van der Waals surface area contributed by atoms with Crippen LogP contribution in [0, 0.1) is 45.8 Å². The molecule has 62 heavy (non-hydrogen) atoms. The van der Waals surface area contributed by atoms with Gasteiger partial charge >= 0.3 is 0 Å². The Hall–Kier alpha value is -5.83. The van der Waals surface area contributed by atoms with Crippen LogP contribution in [0.4, 0.5) is 5.69 Å². The van der Waals surface area contributed by atoms with Crippen LogP contribution in [0.5, 0.6) is 5.75 Å². The lowest BCUT2D eigenvalue weighted by Gasteiger charge is -2.63. The Bertz CT molecular complexity index is 2520. The second-order valence-corrected chi connectivity index (χ2v) is 18.8. The number of nitrogens with zero attached hydrogens (tertiary/aromatic N) is 7. The topological polar surface area (TPSA) is 175 Å². The number of fused-ring (bicyclic) bond motifs is 1. The number of rotatable bonds is 9. The van der Waals surface area contributed by atoms with Gasteiger partial charge in [-0.1, -0.05) is 50.4 Å². The molecule has 2 aromatic carbocycles. The SMILES string of the molecule is CC1(C)[C@H](NC(=O)c2ccc(C#CCC3CCN(CC4CCN(c5ccc6nnn(C7CCC(=O)NC7=O)c(=O)c6c5)CC4)CC3)nc2)C(C)(C)[C@H]1Oc1ccc(C#N)c(Cl)c1. The van der Waals surface area contributed by atoms with E-state index in [0.29, 0.717) is 50.3 Å². The largest absolute Gasteiger partial charge is 0.489 e. The second-order valence-electron chi connectivity index (χ2n) is 18.4. The average molecular weight is 858 g/mol. The molecule has 2 N–H and O–H groups in total. The van der Waals surface area contributed by atoms with Crippen molar-refractivity contribution in [3.05, 3.63) is 86.9 Å². The molecule has 15 heteroatoms. The lowest BCUT2D eigenvalue weighted by molar-refractivity contribution is -0.164. The third-order valence-corrected chi connectivity index (χ3v) is 13.8. The number of imide groups is 1. The number of piperidine rings is 3. The van der Waals surface area contributed by atoms with Crippen molar-refractivity contribution in [3.63, 3.8) is 0 Å². The molecule has 2 aromatic heterocycles. The van der Waals surface area contributed by atoms with Gasteiger partial charge in [-0.25, -0.2) is 4.98 Å². The van der Waals surface area contributed by atoms with Gasteiger partial charge in [0.1, 0.15) is 35.2 Å². The summed E-state index contributed by atoms with van der Waals surface area (Å²) in [6, 6.07) is 15.4. The lowest BCUT2D eigenvalue weighted by atomic mass is 9.49. The van der Waals surface area contributed by atoms with Crippen molar-refractivity contribution in [2.45, 2.75) is 90.8 Å². The quantitative estimate of drug-likeness (QED) is 0.157. The molecular formula is C47H52ClN9O5. The van der Waals surface area contributed by atoms with Gasteiger partial charge in [-0.2, -0.15) is 9.94 Å². The highest BCUT2D eigenvalue weighted by Gasteiger charge is 2.64. The number of amides is 3. The molecule has 14 nitrogen and oxygen atoms in total. The second kappa shape index (κ2) is 17.5. The molecule has 4 aromatic rings. The number of ether oxygens (including phenoxy) is 1. The van der Waals surface area contributed by atoms with Gasteiger partial charge in [0.15, 0.2) is 0 Å². The minimum atomic E-state index is -0.847. The van der Waals surface area contributed by atoms with Crippen LogP contribution in [0.3, 0.4) is 0 Å². The van der Waals surface area contributed by atoms with Crippen LogP contribution in [0.1, 0.15) is 100 Å². The van der Waals surface area contributed by atoms with E-state index in [2.05, 4.69) is 81.3 Å². The van der Waals surface area contributed by atoms with Crippen molar-refractivity contribution in [2.24, 2.45) is 22.7 Å². The molecule has 1 unspecified atom stereocenters. The number of nitriles is 1. The van der Waals surface area contributed by atoms with E-state index >= 15 is 0 Å². The summed E-state index contributed by atoms with van der Waals surface area (Å²) in [4.78, 5) is 60.2. The van der Waals surface area contributed by atoms with Crippen molar-refractivity contribution in [1.29, 1.82) is 5.26 Å². The Balaban J connectivity index is 0.766. The van der Waals surface area contributed by atoms with E-state index in [1.54, 1.807) is 30.5 Å². The molecule has 8 rings (SSSR count). The Morgan fingerprint density at radius 1 is 0.952 bits per heavy atom. The van der Waals surface area contributed by atoms with Gasteiger partial charge in [0.2, 0.25) is 5.91 Å². The first-order valence-corrected chi connectivity index (χ1v) is 21.9. The summed E-state index contributed by atoms with van der Waals surface area (Å²) in [5.74, 6) is 7.23. The summed E-state index contributed by atoms with van der Waals surface area (Å²) >= 11 is 6.24. The number of carbonyl (C=O) groups excluding carboxylic acids is 3. The Labute approximate surface area is 366 Å². The van der Waals surface area contributed by atoms with Gasteiger partial charge in [-0.3, -0.25) is 24.5 Å². The van der Waals surface area contributed by atoms with Crippen LogP contribution < -0.4 is 25.8 Å². The maximum Gasteiger partial charge on any atom is 0.278 e. The normalized spacial score (nSPS) is 22.8. The van der Waals surface area contributed by atoms with E-state index in [9.17, 15) is 24.4 Å². The van der Waals surface area contributed by atoms with Crippen LogP contribution in [0.25, 0.3) is 10.9 Å². The summed E-state index contributed by atoms with van der Waals surface area (Å²) < 4.78 is 7.47. The van der Waals surface area contributed by atoms with Crippen LogP contribution in [0.15, 0.2) is 59.5 Å². The summed E-state index contributed by atoms with van der Waals surface area (Å²) in [6.45, 7) is 13.3. The first kappa shape index (κ1) is 42.8. The lowest BCUT2D eigenvalue weighted by Crippen LogP contribution is -2.74. The van der Waals surface area contributed by atoms with E-state index < -0.39 is 11.9 Å². The van der Waals surface area contributed by atoms with Crippen molar-refractivity contribution in [1.82, 2.24) is 35.5 Å². The highest BCUT2D eigenvalue weighted by atomic mass is 35.5. The van der Waals surface area contributed by atoms with Gasteiger partial charge in [-0.05, 0) is 105 Å². The number of pyridine rings is 1. The number of halogens is 1. The van der Waals surface area contributed by atoms with Crippen molar-refractivity contribution in [2.75, 3.05) is 37.6 Å². The fraction of sp³-hybridized carbons (Fsp3) is 0.489. The molecule has 322 valence electrons. The number of carbonyl (C=O) groups is 3. The highest BCUT2D eigenvalue weighted by molar-refractivity contribution is 6.31. The molecule has 1 saturated carbocycles. The fourth-order valence-electron chi connectivity index (χ4n) is 10.2. The van der Waals surface area contributed by atoms with E-state index in [4.69, 9.17) is 16.3 Å². The molecule has 0 radical (unpaired) electrons. The zero-order valence-corrected chi connectivity index (χ0v) is 36.4. The van der Waals surface area contributed by atoms with E-state index in [0.717, 1.165) is 75.2 Å². The summed E-state index contributed by atoms with van der Waals surface area (Å²) in [5, 5.41) is 23.7. The van der Waals surface area contributed by atoms with Crippen molar-refractivity contribution < 1.29 is 19.1 Å². The molecule has 0 bridgehead atoms. The Morgan fingerprint density at radius 2 is 1.69 bits per heavy atom. The summed E-state index contributed by atoms with van der Waals surface area (Å²) in [6.07, 6.45) is 6.94. The predicted octanol–water partition coefficient (Wildman–Crippen LogP) is 5.67. The highest BCUT2D eigenvalue weighted by Crippen LogP contribution is 2.55. The van der Waals surface area contributed by atoms with Gasteiger partial charge in [0.05, 0.1) is 21.5 Å². The summed E-state index contributed by atoms with van der Waals surface area (Å²) in [7, 11) is 0. The molecule has 3 amide bonds. The summed E-state index contributed by atoms with van der Waals surface area (Å²) in [5.41, 5.74) is 1.84. The van der Waals surface area contributed by atoms with Crippen LogP contribution in [-0.4, -0.2) is 87.5 Å². The van der Waals surface area contributed by atoms with Crippen LogP contribution >= 0.6 is 11.6 Å². The first-order valence-electron chi connectivity index (χ1n) is 21.5. The fourth-order valence-corrected chi connectivity index (χ4v) is 10.4. The molecular weight excluding hydrogens is 806 g/mol. The predicted molar refractivity (Wildman–Crippen MR) is 234 cm³/mol. The number of aromatic nitrogens is 4. The number of nitrogens with one attached hydrogen (secondary N) is 2. The first-order chi connectivity index (χ1) is 29.7.